The molecule has 0 aliphatic rings. The normalized spacial score (nSPS) is 14.2. The highest BCUT2D eigenvalue weighted by atomic mass is 32.2. The average Bonchev–Trinajstić information content (AvgIpc) is 2.82. The first-order valence-electron chi connectivity index (χ1n) is 7.05. The number of nitrogens with zero attached hydrogens (tertiary/aromatic N) is 2. The summed E-state index contributed by atoms with van der Waals surface area (Å²) in [5.41, 5.74) is 0.620. The molecule has 0 saturated carbocycles. The summed E-state index contributed by atoms with van der Waals surface area (Å²) in [4.78, 5) is 0.251. The molecule has 20 heavy (non-hydrogen) atoms. The van der Waals surface area contributed by atoms with Crippen LogP contribution >= 0.6 is 0 Å². The number of aliphatic hydroxyl groups excluding tert-OH is 1. The van der Waals surface area contributed by atoms with Crippen molar-refractivity contribution < 1.29 is 13.5 Å². The van der Waals surface area contributed by atoms with Gasteiger partial charge < -0.3 is 9.67 Å². The highest BCUT2D eigenvalue weighted by Gasteiger charge is 2.27. The summed E-state index contributed by atoms with van der Waals surface area (Å²) in [6.07, 6.45) is 3.38. The van der Waals surface area contributed by atoms with Crippen LogP contribution in [0.1, 0.15) is 52.3 Å². The standard InChI is InChI=1S/C14H26N2O3S/c1-6-7-12(4)15(5)20(18,19)14-8-13(10-17)16(9-14)11(2)3/h8-9,11-12,17H,6-7,10H2,1-5H3. The van der Waals surface area contributed by atoms with E-state index < -0.39 is 10.0 Å². The maximum absolute atomic E-state index is 12.6. The number of hydrogen-bond donors (Lipinski definition) is 1. The maximum Gasteiger partial charge on any atom is 0.244 e. The largest absolute Gasteiger partial charge is 0.390 e. The Hall–Kier alpha value is -0.850. The first-order valence-corrected chi connectivity index (χ1v) is 8.49. The van der Waals surface area contributed by atoms with Crippen molar-refractivity contribution in [3.8, 4) is 0 Å². The zero-order valence-corrected chi connectivity index (χ0v) is 13.8. The Morgan fingerprint density at radius 2 is 1.95 bits per heavy atom. The molecule has 1 atom stereocenters. The Balaban J connectivity index is 3.16. The summed E-state index contributed by atoms with van der Waals surface area (Å²) in [7, 11) is -1.89. The third kappa shape index (κ3) is 3.42. The highest BCUT2D eigenvalue weighted by molar-refractivity contribution is 7.89. The van der Waals surface area contributed by atoms with E-state index in [1.165, 1.54) is 4.31 Å². The van der Waals surface area contributed by atoms with Crippen molar-refractivity contribution in [3.63, 3.8) is 0 Å². The second-order valence-electron chi connectivity index (χ2n) is 5.49. The summed E-state index contributed by atoms with van der Waals surface area (Å²) in [6, 6.07) is 1.63. The minimum absolute atomic E-state index is 0.0371. The van der Waals surface area contributed by atoms with E-state index in [4.69, 9.17) is 0 Å². The van der Waals surface area contributed by atoms with E-state index in [1.54, 1.807) is 23.9 Å². The first kappa shape index (κ1) is 17.2. The molecule has 116 valence electrons. The number of aromatic nitrogens is 1. The summed E-state index contributed by atoms with van der Waals surface area (Å²) in [5.74, 6) is 0. The minimum Gasteiger partial charge on any atom is -0.390 e. The monoisotopic (exact) mass is 302 g/mol. The van der Waals surface area contributed by atoms with E-state index in [9.17, 15) is 13.5 Å². The van der Waals surface area contributed by atoms with Crippen molar-refractivity contribution in [1.29, 1.82) is 0 Å². The van der Waals surface area contributed by atoms with E-state index in [2.05, 4.69) is 0 Å². The Morgan fingerprint density at radius 3 is 2.35 bits per heavy atom. The molecule has 0 aliphatic carbocycles. The van der Waals surface area contributed by atoms with Crippen LogP contribution in [-0.2, 0) is 16.6 Å². The van der Waals surface area contributed by atoms with Crippen LogP contribution in [-0.4, -0.2) is 35.5 Å². The van der Waals surface area contributed by atoms with E-state index in [0.717, 1.165) is 12.8 Å². The van der Waals surface area contributed by atoms with Gasteiger partial charge in [0.15, 0.2) is 0 Å². The van der Waals surface area contributed by atoms with E-state index in [1.807, 2.05) is 27.7 Å². The predicted molar refractivity (Wildman–Crippen MR) is 80.1 cm³/mol. The average molecular weight is 302 g/mol. The van der Waals surface area contributed by atoms with Gasteiger partial charge in [0.25, 0.3) is 0 Å². The van der Waals surface area contributed by atoms with Crippen LogP contribution in [0.4, 0.5) is 0 Å². The molecule has 0 saturated heterocycles. The van der Waals surface area contributed by atoms with Crippen molar-refractivity contribution in [2.75, 3.05) is 7.05 Å². The molecule has 0 spiro atoms. The van der Waals surface area contributed by atoms with Gasteiger partial charge in [-0.1, -0.05) is 13.3 Å². The number of rotatable bonds is 7. The summed E-state index contributed by atoms with van der Waals surface area (Å²) in [6.45, 7) is 7.70. The fraction of sp³-hybridized carbons (Fsp3) is 0.714. The summed E-state index contributed by atoms with van der Waals surface area (Å²) in [5, 5.41) is 9.35. The van der Waals surface area contributed by atoms with Gasteiger partial charge in [-0.05, 0) is 33.3 Å². The highest BCUT2D eigenvalue weighted by Crippen LogP contribution is 2.23. The quantitative estimate of drug-likeness (QED) is 0.841. The summed E-state index contributed by atoms with van der Waals surface area (Å²) >= 11 is 0. The van der Waals surface area contributed by atoms with Gasteiger partial charge in [0, 0.05) is 31.0 Å². The lowest BCUT2D eigenvalue weighted by Gasteiger charge is -2.23. The Kier molecular flexibility index (Phi) is 5.79. The molecule has 0 amide bonds. The maximum atomic E-state index is 12.6. The summed E-state index contributed by atoms with van der Waals surface area (Å²) < 4.78 is 28.4. The van der Waals surface area contributed by atoms with Gasteiger partial charge in [-0.2, -0.15) is 4.31 Å². The van der Waals surface area contributed by atoms with Crippen LogP contribution in [0.25, 0.3) is 0 Å². The fourth-order valence-corrected chi connectivity index (χ4v) is 3.69. The van der Waals surface area contributed by atoms with Crippen LogP contribution in [0.15, 0.2) is 17.2 Å². The van der Waals surface area contributed by atoms with Crippen LogP contribution in [0.3, 0.4) is 0 Å². The third-order valence-corrected chi connectivity index (χ3v) is 5.57. The van der Waals surface area contributed by atoms with Gasteiger partial charge in [0.1, 0.15) is 4.90 Å². The molecule has 1 aromatic rings. The minimum atomic E-state index is -3.50. The number of hydrogen-bond acceptors (Lipinski definition) is 3. The zero-order chi connectivity index (χ0) is 15.5. The molecule has 0 aliphatic heterocycles. The van der Waals surface area contributed by atoms with Gasteiger partial charge >= 0.3 is 0 Å². The number of sulfonamides is 1. The lowest BCUT2D eigenvalue weighted by Crippen LogP contribution is -2.34. The van der Waals surface area contributed by atoms with E-state index in [0.29, 0.717) is 5.69 Å². The van der Waals surface area contributed by atoms with Crippen LogP contribution < -0.4 is 0 Å². The van der Waals surface area contributed by atoms with E-state index >= 15 is 0 Å². The van der Waals surface area contributed by atoms with Crippen molar-refractivity contribution in [2.45, 2.75) is 64.1 Å². The molecule has 0 bridgehead atoms. The molecule has 0 fully saturated rings. The Morgan fingerprint density at radius 1 is 1.35 bits per heavy atom. The molecular formula is C14H26N2O3S. The van der Waals surface area contributed by atoms with Gasteiger partial charge in [-0.25, -0.2) is 8.42 Å². The fourth-order valence-electron chi connectivity index (χ4n) is 2.25. The molecule has 1 aromatic heterocycles. The first-order chi connectivity index (χ1) is 9.25. The SMILES string of the molecule is CCCC(C)N(C)S(=O)(=O)c1cc(CO)n(C(C)C)c1. The molecule has 1 rings (SSSR count). The van der Waals surface area contributed by atoms with Gasteiger partial charge in [-0.3, -0.25) is 0 Å². The lowest BCUT2D eigenvalue weighted by atomic mass is 10.2. The Labute approximate surface area is 122 Å². The van der Waals surface area contributed by atoms with Crippen LogP contribution in [0.5, 0.6) is 0 Å². The van der Waals surface area contributed by atoms with E-state index in [-0.39, 0.29) is 23.6 Å². The molecule has 0 aromatic carbocycles. The topological polar surface area (TPSA) is 62.5 Å². The predicted octanol–water partition coefficient (Wildman–Crippen LogP) is 2.37. The second-order valence-corrected chi connectivity index (χ2v) is 7.48. The van der Waals surface area contributed by atoms with Crippen LogP contribution in [0, 0.1) is 0 Å². The third-order valence-electron chi connectivity index (χ3n) is 3.63. The zero-order valence-electron chi connectivity index (χ0n) is 13.0. The molecule has 0 radical (unpaired) electrons. The van der Waals surface area contributed by atoms with Gasteiger partial charge in [-0.15, -0.1) is 0 Å². The Bertz CT molecular complexity index is 535. The molecular weight excluding hydrogens is 276 g/mol. The molecule has 1 heterocycles. The van der Waals surface area contributed by atoms with Gasteiger partial charge in [0.2, 0.25) is 10.0 Å². The van der Waals surface area contributed by atoms with Crippen molar-refractivity contribution in [1.82, 2.24) is 8.87 Å². The smallest absolute Gasteiger partial charge is 0.244 e. The second kappa shape index (κ2) is 6.74. The van der Waals surface area contributed by atoms with Crippen LogP contribution in [0.2, 0.25) is 0 Å². The van der Waals surface area contributed by atoms with Crippen molar-refractivity contribution >= 4 is 10.0 Å². The van der Waals surface area contributed by atoms with Crippen molar-refractivity contribution in [2.24, 2.45) is 0 Å². The molecule has 6 heteroatoms. The lowest BCUT2D eigenvalue weighted by molar-refractivity contribution is 0.268. The molecule has 5 nitrogen and oxygen atoms in total. The molecule has 1 unspecified atom stereocenters. The van der Waals surface area contributed by atoms with Gasteiger partial charge in [0.05, 0.1) is 6.61 Å². The van der Waals surface area contributed by atoms with Crippen molar-refractivity contribution in [3.05, 3.63) is 18.0 Å². The number of aliphatic hydroxyl groups is 1. The molecule has 1 N–H and O–H groups in total.